The Hall–Kier alpha value is -2.51. The first kappa shape index (κ1) is 18.3. The average molecular weight is 361 g/mol. The Bertz CT molecular complexity index is 713. The highest BCUT2D eigenvalue weighted by Crippen LogP contribution is 2.37. The van der Waals surface area contributed by atoms with E-state index in [-0.39, 0.29) is 42.1 Å². The van der Waals surface area contributed by atoms with Gasteiger partial charge in [0.2, 0.25) is 17.7 Å². The zero-order chi connectivity index (χ0) is 18.8. The lowest BCUT2D eigenvalue weighted by Gasteiger charge is -2.26. The fraction of sp³-hybridized carbons (Fsp3) is 0.611. The number of nitrogens with zero attached hydrogens (tertiary/aromatic N) is 3. The number of hydrogen-bond acceptors (Lipinski definition) is 7. The smallest absolute Gasteiger partial charge is 0.329 e. The van der Waals surface area contributed by atoms with Gasteiger partial charge in [-0.1, -0.05) is 26.0 Å². The van der Waals surface area contributed by atoms with Crippen molar-refractivity contribution >= 4 is 17.8 Å². The van der Waals surface area contributed by atoms with Gasteiger partial charge in [-0.05, 0) is 25.2 Å². The Labute approximate surface area is 151 Å². The molecule has 8 nitrogen and oxygen atoms in total. The van der Waals surface area contributed by atoms with E-state index in [1.54, 1.807) is 6.92 Å². The van der Waals surface area contributed by atoms with E-state index in [4.69, 9.17) is 9.15 Å². The Morgan fingerprint density at radius 2 is 1.85 bits per heavy atom. The summed E-state index contributed by atoms with van der Waals surface area (Å²) < 4.78 is 10.5. The van der Waals surface area contributed by atoms with Gasteiger partial charge in [-0.25, -0.2) is 4.79 Å². The number of amides is 2. The van der Waals surface area contributed by atoms with Crippen LogP contribution in [0.15, 0.2) is 16.6 Å². The molecule has 1 fully saturated rings. The van der Waals surface area contributed by atoms with Gasteiger partial charge in [0.15, 0.2) is 6.61 Å². The zero-order valence-corrected chi connectivity index (χ0v) is 15.2. The topological polar surface area (TPSA) is 103 Å². The minimum Gasteiger partial charge on any atom is -0.454 e. The molecule has 140 valence electrons. The molecule has 1 saturated heterocycles. The molecule has 0 N–H and O–H groups in total. The number of hydrogen-bond donors (Lipinski definition) is 0. The highest BCUT2D eigenvalue weighted by atomic mass is 16.5. The van der Waals surface area contributed by atoms with Gasteiger partial charge in [-0.3, -0.25) is 14.5 Å². The third kappa shape index (κ3) is 3.54. The molecule has 0 spiro atoms. The number of ether oxygens (including phenoxy) is 1. The molecule has 2 aliphatic rings. The number of carbonyl (C=O) groups excluding carboxylic acids is 3. The molecular weight excluding hydrogens is 338 g/mol. The van der Waals surface area contributed by atoms with Crippen molar-refractivity contribution in [3.05, 3.63) is 23.9 Å². The van der Waals surface area contributed by atoms with Crippen LogP contribution < -0.4 is 0 Å². The number of imide groups is 1. The van der Waals surface area contributed by atoms with Crippen LogP contribution in [-0.4, -0.2) is 38.9 Å². The van der Waals surface area contributed by atoms with Gasteiger partial charge in [-0.15, -0.1) is 10.2 Å². The molecule has 1 aromatic rings. The normalized spacial score (nSPS) is 23.5. The number of fused-ring (bicyclic) bond motifs is 1. The molecule has 0 aromatic carbocycles. The number of likely N-dealkylation sites (tertiary alicyclic amines) is 1. The number of rotatable bonds is 6. The standard InChI is InChI=1S/C18H23N3O5/c1-10(2)8-14(18(24)25-9-15-20-19-11(3)26-15)21-16(22)12-6-4-5-7-13(12)17(21)23/h4-5,10,12-14H,6-9H2,1-3H3/t12-,13+,14-/m1/s1. The van der Waals surface area contributed by atoms with Crippen LogP contribution in [0.5, 0.6) is 0 Å². The summed E-state index contributed by atoms with van der Waals surface area (Å²) in [5, 5.41) is 7.45. The predicted molar refractivity (Wildman–Crippen MR) is 89.3 cm³/mol. The molecule has 1 aromatic heterocycles. The molecule has 3 rings (SSSR count). The van der Waals surface area contributed by atoms with Crippen LogP contribution in [0.4, 0.5) is 0 Å². The first-order valence-corrected chi connectivity index (χ1v) is 8.86. The van der Waals surface area contributed by atoms with E-state index in [1.165, 1.54) is 0 Å². The van der Waals surface area contributed by atoms with Crippen molar-refractivity contribution < 1.29 is 23.5 Å². The highest BCUT2D eigenvalue weighted by molar-refractivity contribution is 6.08. The number of aromatic nitrogens is 2. The van der Waals surface area contributed by atoms with Crippen molar-refractivity contribution in [2.45, 2.75) is 52.7 Å². The van der Waals surface area contributed by atoms with E-state index >= 15 is 0 Å². The van der Waals surface area contributed by atoms with Crippen molar-refractivity contribution in [2.24, 2.45) is 17.8 Å². The second-order valence-electron chi connectivity index (χ2n) is 7.17. The first-order chi connectivity index (χ1) is 12.4. The third-order valence-electron chi connectivity index (χ3n) is 4.73. The second-order valence-corrected chi connectivity index (χ2v) is 7.17. The molecule has 0 unspecified atom stereocenters. The number of carbonyl (C=O) groups is 3. The molecule has 0 radical (unpaired) electrons. The fourth-order valence-electron chi connectivity index (χ4n) is 3.51. The summed E-state index contributed by atoms with van der Waals surface area (Å²) in [5.41, 5.74) is 0. The average Bonchev–Trinajstić information content (AvgIpc) is 3.13. The van der Waals surface area contributed by atoms with Crippen molar-refractivity contribution in [2.75, 3.05) is 0 Å². The maximum atomic E-state index is 12.8. The zero-order valence-electron chi connectivity index (χ0n) is 15.2. The predicted octanol–water partition coefficient (Wildman–Crippen LogP) is 1.79. The van der Waals surface area contributed by atoms with Gasteiger partial charge in [0.05, 0.1) is 11.8 Å². The summed E-state index contributed by atoms with van der Waals surface area (Å²) in [6.45, 7) is 5.32. The largest absolute Gasteiger partial charge is 0.454 e. The van der Waals surface area contributed by atoms with E-state index in [0.29, 0.717) is 25.2 Å². The van der Waals surface area contributed by atoms with E-state index in [9.17, 15) is 14.4 Å². The molecule has 8 heteroatoms. The van der Waals surface area contributed by atoms with Crippen LogP contribution in [0.25, 0.3) is 0 Å². The molecule has 0 bridgehead atoms. The van der Waals surface area contributed by atoms with Crippen molar-refractivity contribution in [1.82, 2.24) is 15.1 Å². The summed E-state index contributed by atoms with van der Waals surface area (Å²) in [5.74, 6) is -1.25. The van der Waals surface area contributed by atoms with Gasteiger partial charge in [0, 0.05) is 6.92 Å². The van der Waals surface area contributed by atoms with Crippen LogP contribution in [0, 0.1) is 24.7 Å². The molecule has 0 saturated carbocycles. The fourth-order valence-corrected chi connectivity index (χ4v) is 3.51. The summed E-state index contributed by atoms with van der Waals surface area (Å²) in [4.78, 5) is 39.4. The highest BCUT2D eigenvalue weighted by Gasteiger charge is 2.51. The van der Waals surface area contributed by atoms with E-state index < -0.39 is 12.0 Å². The number of aryl methyl sites for hydroxylation is 1. The van der Waals surface area contributed by atoms with E-state index in [0.717, 1.165) is 4.90 Å². The van der Waals surface area contributed by atoms with E-state index in [1.807, 2.05) is 26.0 Å². The minimum atomic E-state index is -0.926. The quantitative estimate of drug-likeness (QED) is 0.432. The van der Waals surface area contributed by atoms with Crippen LogP contribution >= 0.6 is 0 Å². The van der Waals surface area contributed by atoms with Gasteiger partial charge in [-0.2, -0.15) is 0 Å². The Balaban J connectivity index is 1.75. The lowest BCUT2D eigenvalue weighted by atomic mass is 9.85. The number of allylic oxidation sites excluding steroid dienone is 2. The van der Waals surface area contributed by atoms with Crippen LogP contribution in [-0.2, 0) is 25.7 Å². The van der Waals surface area contributed by atoms with Crippen molar-refractivity contribution in [3.63, 3.8) is 0 Å². The van der Waals surface area contributed by atoms with Gasteiger partial charge < -0.3 is 9.15 Å². The van der Waals surface area contributed by atoms with Crippen molar-refractivity contribution in [1.29, 1.82) is 0 Å². The summed E-state index contributed by atoms with van der Waals surface area (Å²) in [6, 6.07) is -0.926. The SMILES string of the molecule is Cc1nnc(COC(=O)[C@@H](CC(C)C)N2C(=O)[C@H]3CC=CC[C@H]3C2=O)o1. The lowest BCUT2D eigenvalue weighted by molar-refractivity contribution is -0.161. The minimum absolute atomic E-state index is 0.111. The van der Waals surface area contributed by atoms with Crippen LogP contribution in [0.3, 0.4) is 0 Å². The second kappa shape index (κ2) is 7.39. The van der Waals surface area contributed by atoms with E-state index in [2.05, 4.69) is 10.2 Å². The van der Waals surface area contributed by atoms with Gasteiger partial charge >= 0.3 is 5.97 Å². The summed E-state index contributed by atoms with van der Waals surface area (Å²) >= 11 is 0. The molecule has 2 heterocycles. The Kier molecular flexibility index (Phi) is 5.20. The molecule has 1 aliphatic heterocycles. The summed E-state index contributed by atoms with van der Waals surface area (Å²) in [6.07, 6.45) is 5.27. The van der Waals surface area contributed by atoms with Crippen LogP contribution in [0.2, 0.25) is 0 Å². The Morgan fingerprint density at radius 1 is 1.23 bits per heavy atom. The molecule has 2 amide bonds. The maximum absolute atomic E-state index is 12.8. The lowest BCUT2D eigenvalue weighted by Crippen LogP contribution is -2.47. The molecule has 3 atom stereocenters. The monoisotopic (exact) mass is 361 g/mol. The number of esters is 1. The third-order valence-corrected chi connectivity index (χ3v) is 4.73. The van der Waals surface area contributed by atoms with Crippen molar-refractivity contribution in [3.8, 4) is 0 Å². The molecule has 1 aliphatic carbocycles. The first-order valence-electron chi connectivity index (χ1n) is 8.86. The van der Waals surface area contributed by atoms with Gasteiger partial charge in [0.25, 0.3) is 5.89 Å². The van der Waals surface area contributed by atoms with Gasteiger partial charge in [0.1, 0.15) is 6.04 Å². The Morgan fingerprint density at radius 3 is 2.35 bits per heavy atom. The maximum Gasteiger partial charge on any atom is 0.329 e. The molecule has 26 heavy (non-hydrogen) atoms. The van der Waals surface area contributed by atoms with Crippen LogP contribution in [0.1, 0.15) is 44.9 Å². The summed E-state index contributed by atoms with van der Waals surface area (Å²) in [7, 11) is 0. The molecular formula is C18H23N3O5.